The maximum absolute atomic E-state index is 9.85. The Kier molecular flexibility index (Phi) is 23.4. The number of aromatic hydroxyl groups is 2. The molecule has 0 aliphatic heterocycles. The fraction of sp³-hybridized carbons (Fsp3) is 0.404. The predicted octanol–water partition coefficient (Wildman–Crippen LogP) is 9.70. The zero-order valence-electron chi connectivity index (χ0n) is 35.3. The molecule has 0 aromatic heterocycles. The van der Waals surface area contributed by atoms with Gasteiger partial charge >= 0.3 is 0 Å². The van der Waals surface area contributed by atoms with Crippen molar-refractivity contribution in [3.8, 4) is 11.5 Å². The molecule has 0 fully saturated rings. The number of phenols is 2. The highest BCUT2D eigenvalue weighted by Gasteiger charge is 2.13. The molecule has 11 nitrogen and oxygen atoms in total. The Morgan fingerprint density at radius 1 is 0.483 bits per heavy atom. The smallest absolute Gasteiger partial charge is 0.116 e. The Morgan fingerprint density at radius 3 is 1.48 bits per heavy atom. The quantitative estimate of drug-likeness (QED) is 0.0387. The van der Waals surface area contributed by atoms with Crippen molar-refractivity contribution in [3.63, 3.8) is 0 Å². The lowest BCUT2D eigenvalue weighted by molar-refractivity contribution is 0.168. The summed E-state index contributed by atoms with van der Waals surface area (Å²) in [4.78, 5) is 0. The second kappa shape index (κ2) is 26.7. The molecule has 58 heavy (non-hydrogen) atoms. The van der Waals surface area contributed by atoms with E-state index >= 15 is 0 Å². The topological polar surface area (TPSA) is 243 Å². The van der Waals surface area contributed by atoms with E-state index in [2.05, 4.69) is 0 Å². The van der Waals surface area contributed by atoms with Crippen LogP contribution in [-0.4, -0.2) is 53.6 Å². The van der Waals surface area contributed by atoms with Gasteiger partial charge in [-0.3, -0.25) is 5.41 Å². The predicted molar refractivity (Wildman–Crippen MR) is 237 cm³/mol. The second-order valence-electron chi connectivity index (χ2n) is 15.0. The molecule has 4 rings (SSSR count). The SMILES string of the molecule is CC(=N)CC[C@H](O)c1cc(C)cc(O)c1.CC(=N)CC[C@H](O)c1cccc(C)c1.CC(=N)CC[C@H](O)c1ccccc1C.Cc1ccc(O)cc1[C@@H](O)CCC(=N)N. The summed E-state index contributed by atoms with van der Waals surface area (Å²) >= 11 is 0. The van der Waals surface area contributed by atoms with Crippen LogP contribution in [0.5, 0.6) is 11.5 Å². The summed E-state index contributed by atoms with van der Waals surface area (Å²) in [6.45, 7) is 13.0. The van der Waals surface area contributed by atoms with Gasteiger partial charge in [0, 0.05) is 23.6 Å². The molecule has 0 bridgehead atoms. The molecule has 0 saturated carbocycles. The summed E-state index contributed by atoms with van der Waals surface area (Å²) in [6, 6.07) is 25.7. The van der Waals surface area contributed by atoms with Crippen LogP contribution in [0.15, 0.2) is 84.9 Å². The number of benzene rings is 4. The van der Waals surface area contributed by atoms with Crippen LogP contribution in [0, 0.1) is 49.3 Å². The molecular weight excluding hydrogens is 731 g/mol. The molecule has 4 aromatic rings. The van der Waals surface area contributed by atoms with E-state index in [1.807, 2.05) is 82.3 Å². The van der Waals surface area contributed by atoms with Gasteiger partial charge in [-0.25, -0.2) is 0 Å². The molecule has 4 aromatic carbocycles. The number of aliphatic hydroxyl groups excluding tert-OH is 4. The van der Waals surface area contributed by atoms with Gasteiger partial charge in [-0.15, -0.1) is 0 Å². The Labute approximate surface area is 345 Å². The average molecular weight is 798 g/mol. The van der Waals surface area contributed by atoms with Gasteiger partial charge in [-0.2, -0.15) is 0 Å². The van der Waals surface area contributed by atoms with Crippen molar-refractivity contribution < 1.29 is 30.6 Å². The first-order chi connectivity index (χ1) is 27.2. The molecule has 0 radical (unpaired) electrons. The van der Waals surface area contributed by atoms with E-state index in [4.69, 9.17) is 27.4 Å². The van der Waals surface area contributed by atoms with E-state index < -0.39 is 24.4 Å². The number of aliphatic hydroxyl groups is 4. The average Bonchev–Trinajstić information content (AvgIpc) is 3.15. The summed E-state index contributed by atoms with van der Waals surface area (Å²) in [5.74, 6) is 0.375. The molecule has 12 N–H and O–H groups in total. The van der Waals surface area contributed by atoms with Crippen molar-refractivity contribution in [3.05, 3.63) is 129 Å². The highest BCUT2D eigenvalue weighted by Crippen LogP contribution is 2.26. The summed E-state index contributed by atoms with van der Waals surface area (Å²) < 4.78 is 0. The van der Waals surface area contributed by atoms with E-state index in [9.17, 15) is 30.6 Å². The Bertz CT molecular complexity index is 1890. The number of hydrogen-bond acceptors (Lipinski definition) is 10. The lowest BCUT2D eigenvalue weighted by Crippen LogP contribution is -2.11. The molecule has 4 atom stereocenters. The van der Waals surface area contributed by atoms with Crippen molar-refractivity contribution in [2.75, 3.05) is 0 Å². The van der Waals surface area contributed by atoms with Crippen molar-refractivity contribution in [1.29, 1.82) is 21.6 Å². The Balaban J connectivity index is 0.000000387. The highest BCUT2D eigenvalue weighted by molar-refractivity contribution is 5.79. The minimum atomic E-state index is -0.680. The van der Waals surface area contributed by atoms with E-state index in [-0.39, 0.29) is 17.3 Å². The number of nitrogens with one attached hydrogen (secondary N) is 4. The van der Waals surface area contributed by atoms with Gasteiger partial charge in [0.1, 0.15) is 11.5 Å². The molecule has 11 heteroatoms. The number of rotatable bonds is 16. The number of nitrogens with two attached hydrogens (primary N) is 1. The van der Waals surface area contributed by atoms with Crippen molar-refractivity contribution >= 4 is 23.0 Å². The molecule has 0 heterocycles. The summed E-state index contributed by atoms with van der Waals surface area (Å²) in [5, 5.41) is 86.8. The molecule has 0 spiro atoms. The van der Waals surface area contributed by atoms with Crippen LogP contribution in [0.3, 0.4) is 0 Å². The van der Waals surface area contributed by atoms with Gasteiger partial charge in [-0.05, 0) is 157 Å². The molecule has 0 aliphatic carbocycles. The minimum Gasteiger partial charge on any atom is -0.508 e. The molecule has 0 unspecified atom stereocenters. The van der Waals surface area contributed by atoms with Gasteiger partial charge in [-0.1, -0.05) is 66.2 Å². The molecule has 0 amide bonds. The van der Waals surface area contributed by atoms with Crippen molar-refractivity contribution in [2.45, 2.75) is 124 Å². The van der Waals surface area contributed by atoms with Gasteiger partial charge < -0.3 is 52.6 Å². The van der Waals surface area contributed by atoms with Crippen LogP contribution in [0.25, 0.3) is 0 Å². The minimum absolute atomic E-state index is 0.0619. The fourth-order valence-electron chi connectivity index (χ4n) is 5.81. The maximum Gasteiger partial charge on any atom is 0.116 e. The first kappa shape index (κ1) is 50.8. The second-order valence-corrected chi connectivity index (χ2v) is 15.0. The first-order valence-electron chi connectivity index (χ1n) is 19.6. The summed E-state index contributed by atoms with van der Waals surface area (Å²) in [5.41, 5.74) is 14.5. The third kappa shape index (κ3) is 21.4. The first-order valence-corrected chi connectivity index (χ1v) is 19.6. The van der Waals surface area contributed by atoms with Gasteiger partial charge in [0.15, 0.2) is 0 Å². The molecular formula is C47H67N5O6. The third-order valence-electron chi connectivity index (χ3n) is 9.13. The highest BCUT2D eigenvalue weighted by atomic mass is 16.3. The lowest BCUT2D eigenvalue weighted by atomic mass is 9.99. The Hall–Kier alpha value is -5.20. The standard InChI is InChI=1S/C12H17NO2.2C12H17NO.C11H16N2O2/c1-8-5-10(7-11(14)6-8)12(15)4-3-9(2)13;1-9-4-3-5-11(8-9)12(14)7-6-10(2)13;1-9-5-3-4-6-11(9)12(14)8-7-10(2)13;1-7-2-3-8(14)6-9(7)10(15)4-5-11(12)13/h5-7,12-15H,3-4H2,1-2H3;3-5,8,12-14H,6-7H2,1-2H3;3-6,12-14H,7-8H2,1-2H3;2-3,6,10,14-15H,4-5H2,1H3,(H3,12,13)/t3*12-;10-/m0000/s1. The monoisotopic (exact) mass is 798 g/mol. The van der Waals surface area contributed by atoms with Crippen LogP contribution in [0.2, 0.25) is 0 Å². The van der Waals surface area contributed by atoms with Crippen LogP contribution in [0.1, 0.15) is 141 Å². The number of aryl methyl sites for hydroxylation is 4. The zero-order valence-corrected chi connectivity index (χ0v) is 35.3. The molecule has 316 valence electrons. The van der Waals surface area contributed by atoms with Gasteiger partial charge in [0.05, 0.1) is 30.3 Å². The van der Waals surface area contributed by atoms with Crippen LogP contribution >= 0.6 is 0 Å². The molecule has 0 aliphatic rings. The van der Waals surface area contributed by atoms with Crippen LogP contribution < -0.4 is 5.73 Å². The van der Waals surface area contributed by atoms with Crippen molar-refractivity contribution in [2.24, 2.45) is 5.73 Å². The van der Waals surface area contributed by atoms with E-state index in [0.29, 0.717) is 79.6 Å². The number of hydrogen-bond donors (Lipinski definition) is 11. The number of phenolic OH excluding ortho intramolecular Hbond substituents is 2. The lowest BCUT2D eigenvalue weighted by Gasteiger charge is -2.13. The van der Waals surface area contributed by atoms with Crippen LogP contribution in [-0.2, 0) is 0 Å². The van der Waals surface area contributed by atoms with E-state index in [0.717, 1.165) is 33.4 Å². The van der Waals surface area contributed by atoms with Gasteiger partial charge in [0.2, 0.25) is 0 Å². The third-order valence-corrected chi connectivity index (χ3v) is 9.13. The fourth-order valence-corrected chi connectivity index (χ4v) is 5.81. The molecule has 0 saturated heterocycles. The maximum atomic E-state index is 9.85. The normalized spacial score (nSPS) is 12.5. The Morgan fingerprint density at radius 2 is 0.966 bits per heavy atom. The van der Waals surface area contributed by atoms with Gasteiger partial charge in [0.25, 0.3) is 0 Å². The van der Waals surface area contributed by atoms with E-state index in [1.54, 1.807) is 51.1 Å². The van der Waals surface area contributed by atoms with Crippen molar-refractivity contribution in [1.82, 2.24) is 0 Å². The largest absolute Gasteiger partial charge is 0.508 e. The summed E-state index contributed by atoms with van der Waals surface area (Å²) in [7, 11) is 0. The number of amidine groups is 1. The van der Waals surface area contributed by atoms with Crippen LogP contribution in [0.4, 0.5) is 0 Å². The van der Waals surface area contributed by atoms with E-state index in [1.165, 1.54) is 0 Å². The summed E-state index contributed by atoms with van der Waals surface area (Å²) in [6.07, 6.45) is 2.32. The zero-order chi connectivity index (χ0) is 43.9.